The Labute approximate surface area is 210 Å². The van der Waals surface area contributed by atoms with Crippen molar-refractivity contribution in [3.63, 3.8) is 0 Å². The van der Waals surface area contributed by atoms with E-state index >= 15 is 0 Å². The van der Waals surface area contributed by atoms with Crippen LogP contribution in [0.4, 0.5) is 0 Å². The summed E-state index contributed by atoms with van der Waals surface area (Å²) in [6.07, 6.45) is 6.78. The van der Waals surface area contributed by atoms with Crippen molar-refractivity contribution in [1.29, 1.82) is 0 Å². The number of aryl methyl sites for hydroxylation is 3. The molecule has 0 bridgehead atoms. The molecule has 5 nitrogen and oxygen atoms in total. The summed E-state index contributed by atoms with van der Waals surface area (Å²) in [7, 11) is 2.02. The fraction of sp³-hybridized carbons (Fsp3) is 0.161. The van der Waals surface area contributed by atoms with E-state index in [1.165, 1.54) is 22.1 Å². The molecule has 6 rings (SSSR count). The van der Waals surface area contributed by atoms with Crippen LogP contribution in [0.15, 0.2) is 89.8 Å². The van der Waals surface area contributed by atoms with Crippen LogP contribution in [0.25, 0.3) is 27.9 Å². The van der Waals surface area contributed by atoms with Crippen molar-refractivity contribution in [3.8, 4) is 0 Å². The number of rotatable bonds is 5. The number of amides is 1. The topological polar surface area (TPSA) is 53.4 Å². The van der Waals surface area contributed by atoms with Gasteiger partial charge in [-0.25, -0.2) is 4.99 Å². The van der Waals surface area contributed by atoms with E-state index in [9.17, 15) is 4.79 Å². The van der Waals surface area contributed by atoms with Crippen molar-refractivity contribution >= 4 is 39.6 Å². The molecule has 0 spiro atoms. The van der Waals surface area contributed by atoms with Crippen LogP contribution in [-0.4, -0.2) is 32.7 Å². The van der Waals surface area contributed by atoms with E-state index in [-0.39, 0.29) is 5.91 Å². The second-order valence-electron chi connectivity index (χ2n) is 9.61. The normalized spacial score (nSPS) is 15.0. The van der Waals surface area contributed by atoms with Gasteiger partial charge in [0.15, 0.2) is 0 Å². The molecule has 1 aliphatic rings. The van der Waals surface area contributed by atoms with Gasteiger partial charge in [0, 0.05) is 58.9 Å². The number of carbonyl (C=O) groups excluding carboxylic acids is 1. The van der Waals surface area contributed by atoms with Crippen LogP contribution >= 0.6 is 0 Å². The first-order valence-corrected chi connectivity index (χ1v) is 12.3. The Morgan fingerprint density at radius 3 is 2.56 bits per heavy atom. The molecule has 0 aliphatic carbocycles. The summed E-state index contributed by atoms with van der Waals surface area (Å²) >= 11 is 0. The summed E-state index contributed by atoms with van der Waals surface area (Å²) in [6, 6.07) is 22.9. The van der Waals surface area contributed by atoms with Crippen molar-refractivity contribution in [2.24, 2.45) is 12.0 Å². The predicted molar refractivity (Wildman–Crippen MR) is 147 cm³/mol. The number of nitrogens with zero attached hydrogens (tertiary/aromatic N) is 3. The number of benzene rings is 3. The summed E-state index contributed by atoms with van der Waals surface area (Å²) in [5.41, 5.74) is 8.27. The van der Waals surface area contributed by atoms with Gasteiger partial charge in [0.1, 0.15) is 11.5 Å². The second-order valence-corrected chi connectivity index (χ2v) is 9.61. The summed E-state index contributed by atoms with van der Waals surface area (Å²) in [6.45, 7) is 4.72. The van der Waals surface area contributed by atoms with Crippen LogP contribution in [0.3, 0.4) is 0 Å². The first kappa shape index (κ1) is 22.1. The molecule has 5 heteroatoms. The van der Waals surface area contributed by atoms with Gasteiger partial charge in [-0.1, -0.05) is 59.7 Å². The largest absolute Gasteiger partial charge is 0.361 e. The molecular formula is C31H28N4O. The highest BCUT2D eigenvalue weighted by atomic mass is 16.2. The van der Waals surface area contributed by atoms with Gasteiger partial charge in [-0.2, -0.15) is 0 Å². The third kappa shape index (κ3) is 3.83. The predicted octanol–water partition coefficient (Wildman–Crippen LogP) is 6.15. The van der Waals surface area contributed by atoms with Crippen LogP contribution < -0.4 is 0 Å². The van der Waals surface area contributed by atoms with Crippen molar-refractivity contribution in [1.82, 2.24) is 14.5 Å². The SMILES string of the molecule is Cc1ccc(C2=NC(=Cc3cn(C)c4ccccc34)C(=O)N2CCc2c[nH]c3ccc(C)cc23)cc1. The van der Waals surface area contributed by atoms with Crippen LogP contribution in [0.2, 0.25) is 0 Å². The van der Waals surface area contributed by atoms with Gasteiger partial charge in [0.2, 0.25) is 0 Å². The van der Waals surface area contributed by atoms with Gasteiger partial charge >= 0.3 is 0 Å². The summed E-state index contributed by atoms with van der Waals surface area (Å²) in [5.74, 6) is 0.650. The number of amidine groups is 1. The number of aromatic nitrogens is 2. The molecule has 2 aromatic heterocycles. The molecule has 0 fully saturated rings. The highest BCUT2D eigenvalue weighted by Gasteiger charge is 2.31. The van der Waals surface area contributed by atoms with E-state index in [1.54, 1.807) is 0 Å². The Bertz CT molecular complexity index is 1680. The first-order valence-electron chi connectivity index (χ1n) is 12.3. The van der Waals surface area contributed by atoms with Gasteiger partial charge < -0.3 is 9.55 Å². The zero-order valence-corrected chi connectivity index (χ0v) is 20.7. The van der Waals surface area contributed by atoms with Gasteiger partial charge in [-0.3, -0.25) is 9.69 Å². The smallest absolute Gasteiger partial charge is 0.278 e. The molecule has 36 heavy (non-hydrogen) atoms. The van der Waals surface area contributed by atoms with Crippen molar-refractivity contribution in [2.75, 3.05) is 6.54 Å². The fourth-order valence-corrected chi connectivity index (χ4v) is 5.05. The summed E-state index contributed by atoms with van der Waals surface area (Å²) in [5, 5.41) is 2.32. The molecule has 0 atom stereocenters. The number of para-hydroxylation sites is 1. The highest BCUT2D eigenvalue weighted by Crippen LogP contribution is 2.28. The van der Waals surface area contributed by atoms with Gasteiger partial charge in [0.25, 0.3) is 5.91 Å². The first-order chi connectivity index (χ1) is 17.5. The number of aliphatic imine (C=N–C) groups is 1. The minimum absolute atomic E-state index is 0.0606. The van der Waals surface area contributed by atoms with E-state index in [1.807, 2.05) is 42.3 Å². The second kappa shape index (κ2) is 8.68. The molecule has 3 aromatic carbocycles. The van der Waals surface area contributed by atoms with Crippen LogP contribution in [0.1, 0.15) is 27.8 Å². The third-order valence-corrected chi connectivity index (χ3v) is 7.00. The van der Waals surface area contributed by atoms with E-state index in [0.717, 1.165) is 34.0 Å². The number of aromatic amines is 1. The number of hydrogen-bond donors (Lipinski definition) is 1. The quantitative estimate of drug-likeness (QED) is 0.307. The number of hydrogen-bond acceptors (Lipinski definition) is 2. The molecule has 0 radical (unpaired) electrons. The number of nitrogens with one attached hydrogen (secondary N) is 1. The number of H-pyrrole nitrogens is 1. The zero-order valence-electron chi connectivity index (χ0n) is 20.7. The molecule has 0 saturated carbocycles. The van der Waals surface area contributed by atoms with Crippen molar-refractivity contribution in [3.05, 3.63) is 113 Å². The zero-order chi connectivity index (χ0) is 24.8. The number of carbonyl (C=O) groups is 1. The molecule has 3 heterocycles. The minimum atomic E-state index is -0.0606. The molecule has 1 amide bonds. The molecule has 0 saturated heterocycles. The maximum Gasteiger partial charge on any atom is 0.278 e. The molecular weight excluding hydrogens is 444 g/mol. The van der Waals surface area contributed by atoms with Gasteiger partial charge in [0.05, 0.1) is 0 Å². The lowest BCUT2D eigenvalue weighted by Gasteiger charge is -2.18. The maximum absolute atomic E-state index is 13.7. The highest BCUT2D eigenvalue weighted by molar-refractivity contribution is 6.20. The van der Waals surface area contributed by atoms with Crippen LogP contribution in [0, 0.1) is 13.8 Å². The van der Waals surface area contributed by atoms with Crippen molar-refractivity contribution < 1.29 is 4.79 Å². The number of fused-ring (bicyclic) bond motifs is 2. The molecule has 178 valence electrons. The average Bonchev–Trinajstić information content (AvgIpc) is 3.53. The van der Waals surface area contributed by atoms with Gasteiger partial charge in [-0.15, -0.1) is 0 Å². The minimum Gasteiger partial charge on any atom is -0.361 e. The van der Waals surface area contributed by atoms with E-state index in [0.29, 0.717) is 18.1 Å². The molecule has 1 N–H and O–H groups in total. The Kier molecular flexibility index (Phi) is 5.33. The van der Waals surface area contributed by atoms with E-state index < -0.39 is 0 Å². The third-order valence-electron chi connectivity index (χ3n) is 7.00. The lowest BCUT2D eigenvalue weighted by molar-refractivity contribution is -0.122. The van der Waals surface area contributed by atoms with E-state index in [4.69, 9.17) is 4.99 Å². The molecule has 0 unspecified atom stereocenters. The Balaban J connectivity index is 1.37. The molecule has 5 aromatic rings. The monoisotopic (exact) mass is 472 g/mol. The van der Waals surface area contributed by atoms with Crippen LogP contribution in [0.5, 0.6) is 0 Å². The van der Waals surface area contributed by atoms with Crippen molar-refractivity contribution in [2.45, 2.75) is 20.3 Å². The lowest BCUT2D eigenvalue weighted by Crippen LogP contribution is -2.34. The lowest BCUT2D eigenvalue weighted by atomic mass is 10.1. The fourth-order valence-electron chi connectivity index (χ4n) is 5.05. The standard InChI is InChI=1S/C31H28N4O/c1-20-8-11-22(12-9-20)30-33-28(17-24-19-34(3)29-7-5-4-6-25(24)29)31(36)35(30)15-14-23-18-32-27-13-10-21(2)16-26(23)27/h4-13,16-19,32H,14-15H2,1-3H3. The van der Waals surface area contributed by atoms with E-state index in [2.05, 4.69) is 78.3 Å². The summed E-state index contributed by atoms with van der Waals surface area (Å²) in [4.78, 5) is 23.8. The van der Waals surface area contributed by atoms with Crippen LogP contribution in [-0.2, 0) is 18.3 Å². The summed E-state index contributed by atoms with van der Waals surface area (Å²) < 4.78 is 2.09. The maximum atomic E-state index is 13.7. The Hall–Kier alpha value is -4.38. The Morgan fingerprint density at radius 1 is 0.944 bits per heavy atom. The average molecular weight is 473 g/mol. The molecule has 1 aliphatic heterocycles. The Morgan fingerprint density at radius 2 is 1.72 bits per heavy atom. The van der Waals surface area contributed by atoms with Gasteiger partial charge in [-0.05, 0) is 50.1 Å².